The number of hydrogen-bond donors (Lipinski definition) is 2. The van der Waals surface area contributed by atoms with Crippen LogP contribution in [0.25, 0.3) is 0 Å². The number of hydrogen-bond acceptors (Lipinski definition) is 5. The van der Waals surface area contributed by atoms with Crippen molar-refractivity contribution in [1.29, 1.82) is 0 Å². The maximum absolute atomic E-state index is 12.5. The second kappa shape index (κ2) is 9.07. The van der Waals surface area contributed by atoms with E-state index >= 15 is 0 Å². The number of anilines is 2. The normalized spacial score (nSPS) is 14.9. The molecule has 2 aromatic rings. The van der Waals surface area contributed by atoms with E-state index in [1.54, 1.807) is 37.3 Å². The molecule has 0 spiro atoms. The molecule has 0 radical (unpaired) electrons. The fraction of sp³-hybridized carbons (Fsp3) is 0.350. The van der Waals surface area contributed by atoms with Gasteiger partial charge in [-0.1, -0.05) is 18.2 Å². The van der Waals surface area contributed by atoms with Crippen LogP contribution in [-0.4, -0.2) is 61.2 Å². The highest BCUT2D eigenvalue weighted by molar-refractivity contribution is 5.97. The molecule has 1 aromatic heterocycles. The highest BCUT2D eigenvalue weighted by atomic mass is 16.5. The predicted octanol–water partition coefficient (Wildman–Crippen LogP) is 1.95. The number of nitrogens with zero attached hydrogens (tertiary/aromatic N) is 3. The number of pyridine rings is 1. The van der Waals surface area contributed by atoms with Crippen LogP contribution in [-0.2, 0) is 4.79 Å². The number of urea groups is 1. The molecule has 28 heavy (non-hydrogen) atoms. The number of rotatable bonds is 5. The van der Waals surface area contributed by atoms with Gasteiger partial charge in [0, 0.05) is 32.4 Å². The van der Waals surface area contributed by atoms with E-state index in [0.29, 0.717) is 37.6 Å². The van der Waals surface area contributed by atoms with Crippen molar-refractivity contribution >= 4 is 23.4 Å². The Morgan fingerprint density at radius 2 is 1.79 bits per heavy atom. The lowest BCUT2D eigenvalue weighted by Gasteiger charge is -2.35. The van der Waals surface area contributed by atoms with Crippen LogP contribution in [0.3, 0.4) is 0 Å². The van der Waals surface area contributed by atoms with Gasteiger partial charge >= 0.3 is 6.03 Å². The topological polar surface area (TPSA) is 86.8 Å². The second-order valence-electron chi connectivity index (χ2n) is 6.52. The van der Waals surface area contributed by atoms with E-state index in [-0.39, 0.29) is 11.9 Å². The molecule has 1 aliphatic rings. The molecule has 1 aromatic carbocycles. The van der Waals surface area contributed by atoms with Crippen molar-refractivity contribution in [1.82, 2.24) is 15.2 Å². The Morgan fingerprint density at radius 1 is 1.07 bits per heavy atom. The van der Waals surface area contributed by atoms with Gasteiger partial charge in [-0.15, -0.1) is 0 Å². The van der Waals surface area contributed by atoms with Crippen LogP contribution in [0.2, 0.25) is 0 Å². The van der Waals surface area contributed by atoms with Crippen LogP contribution in [0.4, 0.5) is 16.3 Å². The fourth-order valence-electron chi connectivity index (χ4n) is 3.01. The third kappa shape index (κ3) is 4.70. The molecule has 8 nitrogen and oxygen atoms in total. The summed E-state index contributed by atoms with van der Waals surface area (Å²) in [6, 6.07) is 12.0. The van der Waals surface area contributed by atoms with Crippen LogP contribution in [0.15, 0.2) is 48.7 Å². The van der Waals surface area contributed by atoms with Crippen LogP contribution >= 0.6 is 0 Å². The van der Waals surface area contributed by atoms with Crippen molar-refractivity contribution in [2.24, 2.45) is 0 Å². The van der Waals surface area contributed by atoms with E-state index in [0.717, 1.165) is 5.82 Å². The lowest BCUT2D eigenvalue weighted by atomic mass is 10.2. The van der Waals surface area contributed by atoms with Gasteiger partial charge in [-0.2, -0.15) is 0 Å². The molecule has 2 N–H and O–H groups in total. The molecule has 1 saturated heterocycles. The Balaban J connectivity index is 1.50. The lowest BCUT2D eigenvalue weighted by Crippen LogP contribution is -2.54. The molecule has 2 heterocycles. The minimum absolute atomic E-state index is 0.247. The molecule has 0 unspecified atom stereocenters. The first-order chi connectivity index (χ1) is 13.6. The number of nitrogens with one attached hydrogen (secondary N) is 2. The summed E-state index contributed by atoms with van der Waals surface area (Å²) < 4.78 is 5.23. The van der Waals surface area contributed by atoms with Crippen molar-refractivity contribution < 1.29 is 14.3 Å². The van der Waals surface area contributed by atoms with E-state index in [9.17, 15) is 9.59 Å². The average molecular weight is 383 g/mol. The number of para-hydroxylation sites is 2. The summed E-state index contributed by atoms with van der Waals surface area (Å²) in [5.74, 6) is 1.18. The molecule has 0 saturated carbocycles. The van der Waals surface area contributed by atoms with Gasteiger partial charge in [-0.25, -0.2) is 9.78 Å². The number of benzene rings is 1. The van der Waals surface area contributed by atoms with Gasteiger partial charge in [0.15, 0.2) is 0 Å². The molecule has 1 atom stereocenters. The summed E-state index contributed by atoms with van der Waals surface area (Å²) in [7, 11) is 1.54. The minimum atomic E-state index is -0.675. The molecule has 148 valence electrons. The molecular weight excluding hydrogens is 358 g/mol. The third-order valence-corrected chi connectivity index (χ3v) is 4.64. The SMILES string of the molecule is COc1ccccc1NC(=O)[C@H](C)NC(=O)N1CCN(c2ccccn2)CC1. The maximum atomic E-state index is 12.5. The number of piperazine rings is 1. The first-order valence-electron chi connectivity index (χ1n) is 9.24. The van der Waals surface area contributed by atoms with E-state index in [2.05, 4.69) is 20.5 Å². The monoisotopic (exact) mass is 383 g/mol. The van der Waals surface area contributed by atoms with Crippen LogP contribution in [0.1, 0.15) is 6.92 Å². The van der Waals surface area contributed by atoms with Crippen molar-refractivity contribution in [3.63, 3.8) is 0 Å². The highest BCUT2D eigenvalue weighted by Crippen LogP contribution is 2.23. The number of aromatic nitrogens is 1. The van der Waals surface area contributed by atoms with Gasteiger partial charge in [0.1, 0.15) is 17.6 Å². The quantitative estimate of drug-likeness (QED) is 0.824. The molecule has 0 aliphatic carbocycles. The van der Waals surface area contributed by atoms with E-state index in [1.165, 1.54) is 0 Å². The third-order valence-electron chi connectivity index (χ3n) is 4.64. The maximum Gasteiger partial charge on any atom is 0.318 e. The van der Waals surface area contributed by atoms with E-state index in [4.69, 9.17) is 4.74 Å². The number of carbonyl (C=O) groups excluding carboxylic acids is 2. The summed E-state index contributed by atoms with van der Waals surface area (Å²) in [6.45, 7) is 4.21. The van der Waals surface area contributed by atoms with E-state index in [1.807, 2.05) is 30.3 Å². The summed E-state index contributed by atoms with van der Waals surface area (Å²) >= 11 is 0. The fourth-order valence-corrected chi connectivity index (χ4v) is 3.01. The minimum Gasteiger partial charge on any atom is -0.495 e. The van der Waals surface area contributed by atoms with Crippen LogP contribution in [0, 0.1) is 0 Å². The van der Waals surface area contributed by atoms with Gasteiger partial charge in [0.25, 0.3) is 0 Å². The molecular formula is C20H25N5O3. The van der Waals surface area contributed by atoms with Gasteiger partial charge < -0.3 is 25.2 Å². The Hall–Kier alpha value is -3.29. The van der Waals surface area contributed by atoms with Crippen molar-refractivity contribution in [3.8, 4) is 5.75 Å². The zero-order valence-electron chi connectivity index (χ0n) is 16.1. The predicted molar refractivity (Wildman–Crippen MR) is 108 cm³/mol. The first-order valence-corrected chi connectivity index (χ1v) is 9.24. The average Bonchev–Trinajstić information content (AvgIpc) is 2.74. The van der Waals surface area contributed by atoms with Gasteiger partial charge in [0.2, 0.25) is 5.91 Å². The Kier molecular flexibility index (Phi) is 6.31. The zero-order chi connectivity index (χ0) is 19.9. The van der Waals surface area contributed by atoms with Crippen LogP contribution < -0.4 is 20.3 Å². The standard InChI is InChI=1S/C20H25N5O3/c1-15(19(26)23-16-7-3-4-8-17(16)28-2)22-20(27)25-13-11-24(12-14-25)18-9-5-6-10-21-18/h3-10,15H,11-14H2,1-2H3,(H,22,27)(H,23,26)/t15-/m0/s1. The Morgan fingerprint density at radius 3 is 2.46 bits per heavy atom. The smallest absolute Gasteiger partial charge is 0.318 e. The largest absolute Gasteiger partial charge is 0.495 e. The zero-order valence-corrected chi connectivity index (χ0v) is 16.1. The molecule has 3 rings (SSSR count). The van der Waals surface area contributed by atoms with Crippen molar-refractivity contribution in [2.75, 3.05) is 43.5 Å². The number of carbonyl (C=O) groups is 2. The van der Waals surface area contributed by atoms with E-state index < -0.39 is 6.04 Å². The van der Waals surface area contributed by atoms with Gasteiger partial charge in [-0.05, 0) is 31.2 Å². The number of amides is 3. The molecule has 3 amide bonds. The Labute approximate surface area is 164 Å². The summed E-state index contributed by atoms with van der Waals surface area (Å²) in [5, 5.41) is 5.55. The summed E-state index contributed by atoms with van der Waals surface area (Å²) in [6.07, 6.45) is 1.76. The summed E-state index contributed by atoms with van der Waals surface area (Å²) in [5.41, 5.74) is 0.570. The molecule has 1 fully saturated rings. The first kappa shape index (κ1) is 19.5. The molecule has 8 heteroatoms. The second-order valence-corrected chi connectivity index (χ2v) is 6.52. The van der Waals surface area contributed by atoms with Gasteiger partial charge in [0.05, 0.1) is 12.8 Å². The lowest BCUT2D eigenvalue weighted by molar-refractivity contribution is -0.117. The Bertz CT molecular complexity index is 806. The number of ether oxygens (including phenoxy) is 1. The number of methoxy groups -OCH3 is 1. The highest BCUT2D eigenvalue weighted by Gasteiger charge is 2.24. The molecule has 1 aliphatic heterocycles. The van der Waals surface area contributed by atoms with Crippen molar-refractivity contribution in [2.45, 2.75) is 13.0 Å². The van der Waals surface area contributed by atoms with Crippen LogP contribution in [0.5, 0.6) is 5.75 Å². The summed E-state index contributed by atoms with van der Waals surface area (Å²) in [4.78, 5) is 33.1. The van der Waals surface area contributed by atoms with Gasteiger partial charge in [-0.3, -0.25) is 4.79 Å². The van der Waals surface area contributed by atoms with Crippen molar-refractivity contribution in [3.05, 3.63) is 48.7 Å². The molecule has 0 bridgehead atoms.